The van der Waals surface area contributed by atoms with E-state index in [1.54, 1.807) is 0 Å². The van der Waals surface area contributed by atoms with Crippen LogP contribution in [-0.4, -0.2) is 34.8 Å². The molecule has 0 aliphatic carbocycles. The summed E-state index contributed by atoms with van der Waals surface area (Å²) in [5.41, 5.74) is -1.61. The van der Waals surface area contributed by atoms with Gasteiger partial charge >= 0.3 is 12.1 Å². The Labute approximate surface area is 157 Å². The summed E-state index contributed by atoms with van der Waals surface area (Å²) >= 11 is 0. The number of rotatable bonds is 5. The number of alkyl halides is 3. The molecule has 0 saturated heterocycles. The lowest BCUT2D eigenvalue weighted by atomic mass is 10.1. The van der Waals surface area contributed by atoms with Crippen molar-refractivity contribution in [3.8, 4) is 0 Å². The Balaban J connectivity index is 2.32. The van der Waals surface area contributed by atoms with Crippen molar-refractivity contribution in [2.24, 2.45) is 0 Å². The fourth-order valence-corrected chi connectivity index (χ4v) is 2.55. The molecule has 0 atom stereocenters. The lowest BCUT2D eigenvalue weighted by Gasteiger charge is -2.18. The highest BCUT2D eigenvalue weighted by Crippen LogP contribution is 2.32. The van der Waals surface area contributed by atoms with Gasteiger partial charge in [-0.25, -0.2) is 4.79 Å². The standard InChI is InChI=1S/C18H17F3N2O5/c1-9-15(17(26)27)7-14(28-9)8-23(3)16(25)11-4-12(18(19,20)21)6-13(5-11)22-10(2)24/h4-7H,8H2,1-3H3,(H,22,24)(H,26,27). The summed E-state index contributed by atoms with van der Waals surface area (Å²) in [6.45, 7) is 2.42. The molecule has 0 saturated carbocycles. The molecule has 2 aromatic rings. The minimum absolute atomic E-state index is 0.0668. The van der Waals surface area contributed by atoms with Crippen LogP contribution in [0.1, 0.15) is 44.7 Å². The maximum absolute atomic E-state index is 13.1. The zero-order valence-electron chi connectivity index (χ0n) is 15.2. The van der Waals surface area contributed by atoms with Gasteiger partial charge in [-0.15, -0.1) is 0 Å². The second-order valence-electron chi connectivity index (χ2n) is 6.13. The van der Waals surface area contributed by atoms with E-state index in [4.69, 9.17) is 9.52 Å². The number of aryl methyl sites for hydroxylation is 1. The number of carbonyl (C=O) groups is 3. The van der Waals surface area contributed by atoms with Crippen LogP contribution in [0.3, 0.4) is 0 Å². The zero-order valence-corrected chi connectivity index (χ0v) is 15.2. The van der Waals surface area contributed by atoms with Gasteiger partial charge in [-0.3, -0.25) is 9.59 Å². The molecule has 2 amide bonds. The van der Waals surface area contributed by atoms with Crippen LogP contribution in [0.5, 0.6) is 0 Å². The maximum Gasteiger partial charge on any atom is 0.416 e. The molecular formula is C18H17F3N2O5. The first-order chi connectivity index (χ1) is 12.9. The molecule has 2 N–H and O–H groups in total. The van der Waals surface area contributed by atoms with E-state index in [2.05, 4.69) is 5.32 Å². The van der Waals surface area contributed by atoms with Crippen LogP contribution in [0.25, 0.3) is 0 Å². The molecular weight excluding hydrogens is 381 g/mol. The minimum Gasteiger partial charge on any atom is -0.478 e. The Bertz CT molecular complexity index is 934. The van der Waals surface area contributed by atoms with Crippen molar-refractivity contribution in [1.82, 2.24) is 4.90 Å². The van der Waals surface area contributed by atoms with Crippen molar-refractivity contribution in [2.45, 2.75) is 26.6 Å². The number of carboxylic acids is 1. The number of carbonyl (C=O) groups excluding carboxylic acids is 2. The third-order valence-electron chi connectivity index (χ3n) is 3.77. The third-order valence-corrected chi connectivity index (χ3v) is 3.77. The number of nitrogens with one attached hydrogen (secondary N) is 1. The van der Waals surface area contributed by atoms with Gasteiger partial charge in [0, 0.05) is 25.2 Å². The number of carboxylic acid groups (broad SMARTS) is 1. The van der Waals surface area contributed by atoms with E-state index in [0.717, 1.165) is 24.0 Å². The van der Waals surface area contributed by atoms with Crippen molar-refractivity contribution in [3.63, 3.8) is 0 Å². The molecule has 1 heterocycles. The average molecular weight is 398 g/mol. The molecule has 0 radical (unpaired) electrons. The summed E-state index contributed by atoms with van der Waals surface area (Å²) in [6.07, 6.45) is -4.71. The predicted octanol–water partition coefficient (Wildman–Crippen LogP) is 3.54. The fraction of sp³-hybridized carbons (Fsp3) is 0.278. The van der Waals surface area contributed by atoms with Gasteiger partial charge in [0.2, 0.25) is 5.91 Å². The number of benzene rings is 1. The largest absolute Gasteiger partial charge is 0.478 e. The van der Waals surface area contributed by atoms with E-state index in [9.17, 15) is 27.6 Å². The van der Waals surface area contributed by atoms with Gasteiger partial charge in [-0.2, -0.15) is 13.2 Å². The van der Waals surface area contributed by atoms with Crippen LogP contribution < -0.4 is 5.32 Å². The molecule has 0 aliphatic heterocycles. The van der Waals surface area contributed by atoms with Gasteiger partial charge < -0.3 is 19.7 Å². The molecule has 7 nitrogen and oxygen atoms in total. The molecule has 10 heteroatoms. The van der Waals surface area contributed by atoms with Crippen LogP contribution in [0.4, 0.5) is 18.9 Å². The first-order valence-electron chi connectivity index (χ1n) is 7.96. The minimum atomic E-state index is -4.71. The normalized spacial score (nSPS) is 11.2. The van der Waals surface area contributed by atoms with E-state index >= 15 is 0 Å². The highest BCUT2D eigenvalue weighted by Gasteiger charge is 2.32. The number of hydrogen-bond donors (Lipinski definition) is 2. The zero-order chi connectivity index (χ0) is 21.2. The topological polar surface area (TPSA) is 99.9 Å². The second-order valence-corrected chi connectivity index (χ2v) is 6.13. The van der Waals surface area contributed by atoms with Crippen molar-refractivity contribution in [1.29, 1.82) is 0 Å². The number of hydrogen-bond acceptors (Lipinski definition) is 4. The summed E-state index contributed by atoms with van der Waals surface area (Å²) in [4.78, 5) is 35.9. The van der Waals surface area contributed by atoms with Gasteiger partial charge in [-0.05, 0) is 31.2 Å². The van der Waals surface area contributed by atoms with Gasteiger partial charge in [0.15, 0.2) is 0 Å². The molecule has 28 heavy (non-hydrogen) atoms. The highest BCUT2D eigenvalue weighted by atomic mass is 19.4. The molecule has 1 aromatic heterocycles. The van der Waals surface area contributed by atoms with E-state index in [-0.39, 0.29) is 34.9 Å². The quantitative estimate of drug-likeness (QED) is 0.803. The Morgan fingerprint density at radius 1 is 1.18 bits per heavy atom. The lowest BCUT2D eigenvalue weighted by molar-refractivity contribution is -0.137. The number of halogens is 3. The number of amides is 2. The van der Waals surface area contributed by atoms with E-state index in [1.165, 1.54) is 20.0 Å². The van der Waals surface area contributed by atoms with E-state index in [0.29, 0.717) is 6.07 Å². The average Bonchev–Trinajstić information content (AvgIpc) is 2.92. The number of aromatic carboxylic acids is 1. The monoisotopic (exact) mass is 398 g/mol. The van der Waals surface area contributed by atoms with Crippen LogP contribution in [-0.2, 0) is 17.5 Å². The van der Waals surface area contributed by atoms with Crippen LogP contribution in [0.15, 0.2) is 28.7 Å². The van der Waals surface area contributed by atoms with Crippen LogP contribution >= 0.6 is 0 Å². The van der Waals surface area contributed by atoms with Crippen molar-refractivity contribution >= 4 is 23.5 Å². The summed E-state index contributed by atoms with van der Waals surface area (Å²) in [7, 11) is 1.33. The van der Waals surface area contributed by atoms with Crippen molar-refractivity contribution in [2.75, 3.05) is 12.4 Å². The SMILES string of the molecule is CC(=O)Nc1cc(C(=O)N(C)Cc2cc(C(=O)O)c(C)o2)cc(C(F)(F)F)c1. The molecule has 0 spiro atoms. The molecule has 0 unspecified atom stereocenters. The number of anilines is 1. The van der Waals surface area contributed by atoms with Crippen molar-refractivity contribution in [3.05, 3.63) is 52.5 Å². The maximum atomic E-state index is 13.1. The fourth-order valence-electron chi connectivity index (χ4n) is 2.55. The Hall–Kier alpha value is -3.30. The Kier molecular flexibility index (Phi) is 5.81. The van der Waals surface area contributed by atoms with Crippen LogP contribution in [0.2, 0.25) is 0 Å². The third kappa shape index (κ3) is 4.90. The van der Waals surface area contributed by atoms with Gasteiger partial charge in [0.1, 0.15) is 17.1 Å². The first kappa shape index (κ1) is 21.0. The van der Waals surface area contributed by atoms with Crippen LogP contribution in [0, 0.1) is 6.92 Å². The molecule has 150 valence electrons. The smallest absolute Gasteiger partial charge is 0.416 e. The summed E-state index contributed by atoms with van der Waals surface area (Å²) < 4.78 is 44.6. The Morgan fingerprint density at radius 3 is 2.32 bits per heavy atom. The molecule has 0 aliphatic rings. The van der Waals surface area contributed by atoms with E-state index < -0.39 is 29.5 Å². The molecule has 2 rings (SSSR count). The number of nitrogens with zero attached hydrogens (tertiary/aromatic N) is 1. The summed E-state index contributed by atoms with van der Waals surface area (Å²) in [5.74, 6) is -2.23. The van der Waals surface area contributed by atoms with Gasteiger partial charge in [-0.1, -0.05) is 0 Å². The lowest BCUT2D eigenvalue weighted by Crippen LogP contribution is -2.26. The molecule has 1 aromatic carbocycles. The summed E-state index contributed by atoms with van der Waals surface area (Å²) in [6, 6.07) is 3.79. The van der Waals surface area contributed by atoms with Crippen molar-refractivity contribution < 1.29 is 37.1 Å². The number of furan rings is 1. The van der Waals surface area contributed by atoms with Gasteiger partial charge in [0.25, 0.3) is 5.91 Å². The molecule has 0 bridgehead atoms. The summed E-state index contributed by atoms with van der Waals surface area (Å²) in [5, 5.41) is 11.3. The predicted molar refractivity (Wildman–Crippen MR) is 91.9 cm³/mol. The highest BCUT2D eigenvalue weighted by molar-refractivity contribution is 5.97. The van der Waals surface area contributed by atoms with E-state index in [1.807, 2.05) is 0 Å². The van der Waals surface area contributed by atoms with Gasteiger partial charge in [0.05, 0.1) is 12.1 Å². The molecule has 0 fully saturated rings. The first-order valence-corrected chi connectivity index (χ1v) is 7.96. The Morgan fingerprint density at radius 2 is 1.82 bits per heavy atom. The second kappa shape index (κ2) is 7.75.